The predicted octanol–water partition coefficient (Wildman–Crippen LogP) is 5.14. The molecule has 23 heavy (non-hydrogen) atoms. The topological polar surface area (TPSA) is 29.1 Å². The van der Waals surface area contributed by atoms with Crippen molar-refractivity contribution in [3.8, 4) is 0 Å². The number of carbonyl (C=O) groups excluding carboxylic acids is 1. The van der Waals surface area contributed by atoms with E-state index in [1.165, 1.54) is 0 Å². The van der Waals surface area contributed by atoms with E-state index >= 15 is 0 Å². The Hall–Kier alpha value is -0.810. The van der Waals surface area contributed by atoms with Crippen LogP contribution in [0.2, 0.25) is 10.0 Å². The lowest BCUT2D eigenvalue weighted by atomic mass is 10.2. The molecule has 2 aromatic rings. The molecule has 0 heterocycles. The van der Waals surface area contributed by atoms with Crippen LogP contribution in [-0.4, -0.2) is 24.0 Å². The van der Waals surface area contributed by atoms with Crippen LogP contribution in [0.25, 0.3) is 0 Å². The maximum atomic E-state index is 11.8. The van der Waals surface area contributed by atoms with Crippen molar-refractivity contribution in [2.24, 2.45) is 0 Å². The molecule has 0 radical (unpaired) electrons. The van der Waals surface area contributed by atoms with Gasteiger partial charge in [-0.3, -0.25) is 4.79 Å². The SMILES string of the molecule is O=C(CSCc1cccc(Cl)c1)NCCSc1ccc(Cl)cc1. The Labute approximate surface area is 155 Å². The van der Waals surface area contributed by atoms with Gasteiger partial charge in [0.2, 0.25) is 5.91 Å². The van der Waals surface area contributed by atoms with Crippen LogP contribution in [0.15, 0.2) is 53.4 Å². The molecule has 0 spiro atoms. The molecule has 0 unspecified atom stereocenters. The lowest BCUT2D eigenvalue weighted by Gasteiger charge is -2.06. The summed E-state index contributed by atoms with van der Waals surface area (Å²) in [6.45, 7) is 0.657. The van der Waals surface area contributed by atoms with Crippen molar-refractivity contribution in [2.75, 3.05) is 18.1 Å². The first-order valence-corrected chi connectivity index (χ1v) is 10.0. The zero-order chi connectivity index (χ0) is 16.5. The Morgan fingerprint density at radius 1 is 1.04 bits per heavy atom. The van der Waals surface area contributed by atoms with Crippen molar-refractivity contribution in [2.45, 2.75) is 10.6 Å². The summed E-state index contributed by atoms with van der Waals surface area (Å²) in [5, 5.41) is 4.39. The zero-order valence-electron chi connectivity index (χ0n) is 12.4. The van der Waals surface area contributed by atoms with Crippen LogP contribution < -0.4 is 5.32 Å². The number of nitrogens with one attached hydrogen (secondary N) is 1. The number of halogens is 2. The van der Waals surface area contributed by atoms with Crippen LogP contribution in [0.1, 0.15) is 5.56 Å². The van der Waals surface area contributed by atoms with Crippen LogP contribution in [0.4, 0.5) is 0 Å². The van der Waals surface area contributed by atoms with Crippen molar-refractivity contribution >= 4 is 52.6 Å². The molecule has 0 saturated carbocycles. The van der Waals surface area contributed by atoms with Gasteiger partial charge in [0.25, 0.3) is 0 Å². The van der Waals surface area contributed by atoms with Crippen molar-refractivity contribution in [3.05, 3.63) is 64.1 Å². The molecule has 2 nitrogen and oxygen atoms in total. The Bertz CT molecular complexity index is 635. The van der Waals surface area contributed by atoms with E-state index in [4.69, 9.17) is 23.2 Å². The molecule has 0 fully saturated rings. The van der Waals surface area contributed by atoms with E-state index < -0.39 is 0 Å². The highest BCUT2D eigenvalue weighted by Gasteiger charge is 2.02. The molecule has 0 aliphatic rings. The summed E-state index contributed by atoms with van der Waals surface area (Å²) in [5.74, 6) is 2.14. The molecule has 122 valence electrons. The van der Waals surface area contributed by atoms with Crippen LogP contribution in [0, 0.1) is 0 Å². The zero-order valence-corrected chi connectivity index (χ0v) is 15.6. The molecule has 2 rings (SSSR count). The number of hydrogen-bond acceptors (Lipinski definition) is 3. The van der Waals surface area contributed by atoms with E-state index in [9.17, 15) is 4.79 Å². The maximum absolute atomic E-state index is 11.8. The van der Waals surface area contributed by atoms with E-state index in [1.807, 2.05) is 48.5 Å². The summed E-state index contributed by atoms with van der Waals surface area (Å²) < 4.78 is 0. The summed E-state index contributed by atoms with van der Waals surface area (Å²) in [5.41, 5.74) is 1.13. The Balaban J connectivity index is 1.57. The quantitative estimate of drug-likeness (QED) is 0.503. The summed E-state index contributed by atoms with van der Waals surface area (Å²) in [4.78, 5) is 12.9. The first-order valence-electron chi connectivity index (χ1n) is 7.11. The number of benzene rings is 2. The van der Waals surface area contributed by atoms with Crippen LogP contribution in [-0.2, 0) is 10.5 Å². The molecule has 0 saturated heterocycles. The van der Waals surface area contributed by atoms with Gasteiger partial charge in [0.1, 0.15) is 0 Å². The number of amides is 1. The Morgan fingerprint density at radius 3 is 2.57 bits per heavy atom. The van der Waals surface area contributed by atoms with Crippen LogP contribution in [0.5, 0.6) is 0 Å². The molecular weight excluding hydrogens is 369 g/mol. The average molecular weight is 386 g/mol. The van der Waals surface area contributed by atoms with Crippen LogP contribution in [0.3, 0.4) is 0 Å². The third kappa shape index (κ3) is 7.53. The molecule has 6 heteroatoms. The maximum Gasteiger partial charge on any atom is 0.230 e. The highest BCUT2D eigenvalue weighted by atomic mass is 35.5. The Kier molecular flexibility index (Phi) is 8.17. The fourth-order valence-electron chi connectivity index (χ4n) is 1.83. The number of thioether (sulfide) groups is 2. The molecule has 0 atom stereocenters. The monoisotopic (exact) mass is 385 g/mol. The molecular formula is C17H17Cl2NOS2. The second kappa shape index (κ2) is 10.1. The molecule has 1 N–H and O–H groups in total. The predicted molar refractivity (Wildman–Crippen MR) is 103 cm³/mol. The standard InChI is InChI=1S/C17H17Cl2NOS2/c18-14-4-6-16(7-5-14)23-9-8-20-17(21)12-22-11-13-2-1-3-15(19)10-13/h1-7,10H,8-9,11-12H2,(H,20,21). The number of carbonyl (C=O) groups is 1. The summed E-state index contributed by atoms with van der Waals surface area (Å²) in [6, 6.07) is 15.4. The van der Waals surface area contributed by atoms with Gasteiger partial charge in [-0.25, -0.2) is 0 Å². The third-order valence-electron chi connectivity index (χ3n) is 2.90. The van der Waals surface area contributed by atoms with Gasteiger partial charge < -0.3 is 5.32 Å². The molecule has 0 aliphatic carbocycles. The van der Waals surface area contributed by atoms with Gasteiger partial charge in [0, 0.05) is 33.0 Å². The number of rotatable bonds is 8. The molecule has 0 bridgehead atoms. The van der Waals surface area contributed by atoms with Crippen molar-refractivity contribution < 1.29 is 4.79 Å². The minimum absolute atomic E-state index is 0.0636. The van der Waals surface area contributed by atoms with Crippen molar-refractivity contribution in [3.63, 3.8) is 0 Å². The van der Waals surface area contributed by atoms with Gasteiger partial charge in [-0.05, 0) is 42.0 Å². The second-order valence-corrected chi connectivity index (χ2v) is 7.80. The normalized spacial score (nSPS) is 10.5. The van der Waals surface area contributed by atoms with Gasteiger partial charge in [-0.2, -0.15) is 0 Å². The van der Waals surface area contributed by atoms with E-state index in [1.54, 1.807) is 23.5 Å². The Morgan fingerprint density at radius 2 is 1.83 bits per heavy atom. The smallest absolute Gasteiger partial charge is 0.230 e. The van der Waals surface area contributed by atoms with Crippen molar-refractivity contribution in [1.29, 1.82) is 0 Å². The third-order valence-corrected chi connectivity index (χ3v) is 5.40. The largest absolute Gasteiger partial charge is 0.355 e. The van der Waals surface area contributed by atoms with Gasteiger partial charge in [0.05, 0.1) is 5.75 Å². The van der Waals surface area contributed by atoms with E-state index in [0.717, 1.165) is 32.0 Å². The van der Waals surface area contributed by atoms with Gasteiger partial charge in [-0.15, -0.1) is 23.5 Å². The summed E-state index contributed by atoms with van der Waals surface area (Å²) >= 11 is 15.1. The molecule has 2 aromatic carbocycles. The fraction of sp³-hybridized carbons (Fsp3) is 0.235. The van der Waals surface area contributed by atoms with Gasteiger partial charge in [-0.1, -0.05) is 35.3 Å². The van der Waals surface area contributed by atoms with E-state index in [2.05, 4.69) is 5.32 Å². The van der Waals surface area contributed by atoms with Gasteiger partial charge >= 0.3 is 0 Å². The average Bonchev–Trinajstić information content (AvgIpc) is 2.53. The lowest BCUT2D eigenvalue weighted by molar-refractivity contribution is -0.118. The van der Waals surface area contributed by atoms with Gasteiger partial charge in [0.15, 0.2) is 0 Å². The van der Waals surface area contributed by atoms with E-state index in [-0.39, 0.29) is 5.91 Å². The first-order chi connectivity index (χ1) is 11.1. The molecule has 0 aliphatic heterocycles. The molecule has 1 amide bonds. The number of hydrogen-bond donors (Lipinski definition) is 1. The van der Waals surface area contributed by atoms with Crippen molar-refractivity contribution in [1.82, 2.24) is 5.32 Å². The van der Waals surface area contributed by atoms with E-state index in [0.29, 0.717) is 12.3 Å². The first kappa shape index (κ1) is 18.5. The minimum Gasteiger partial charge on any atom is -0.355 e. The summed E-state index contributed by atoms with van der Waals surface area (Å²) in [6.07, 6.45) is 0. The highest BCUT2D eigenvalue weighted by Crippen LogP contribution is 2.20. The second-order valence-electron chi connectivity index (χ2n) is 4.78. The molecule has 0 aromatic heterocycles. The van der Waals surface area contributed by atoms with Crippen LogP contribution >= 0.6 is 46.7 Å². The highest BCUT2D eigenvalue weighted by molar-refractivity contribution is 7.99. The minimum atomic E-state index is 0.0636. The lowest BCUT2D eigenvalue weighted by Crippen LogP contribution is -2.27. The fourth-order valence-corrected chi connectivity index (χ4v) is 3.74. The summed E-state index contributed by atoms with van der Waals surface area (Å²) in [7, 11) is 0.